The number of hydrogen-bond acceptors (Lipinski definition) is 3. The zero-order valence-corrected chi connectivity index (χ0v) is 21.2. The summed E-state index contributed by atoms with van der Waals surface area (Å²) in [5, 5.41) is 13.2. The van der Waals surface area contributed by atoms with E-state index in [4.69, 9.17) is 11.6 Å². The minimum Gasteiger partial charge on any atom is -0.478 e. The average Bonchev–Trinajstić information content (AvgIpc) is 2.91. The molecule has 39 heavy (non-hydrogen) atoms. The monoisotopic (exact) mass is 546 g/mol. The van der Waals surface area contributed by atoms with Crippen molar-refractivity contribution in [3.63, 3.8) is 0 Å². The van der Waals surface area contributed by atoms with Crippen molar-refractivity contribution >= 4 is 34.2 Å². The van der Waals surface area contributed by atoms with Crippen molar-refractivity contribution in [1.29, 1.82) is 0 Å². The molecule has 0 aliphatic heterocycles. The summed E-state index contributed by atoms with van der Waals surface area (Å²) in [6.07, 6.45) is -2.53. The third-order valence-corrected chi connectivity index (χ3v) is 6.76. The number of benzene rings is 4. The van der Waals surface area contributed by atoms with Gasteiger partial charge in [-0.15, -0.1) is 0 Å². The van der Waals surface area contributed by atoms with Gasteiger partial charge in [-0.1, -0.05) is 78.3 Å². The van der Waals surface area contributed by atoms with Gasteiger partial charge in [0.05, 0.1) is 21.8 Å². The molecule has 8 heteroatoms. The first kappa shape index (κ1) is 26.3. The van der Waals surface area contributed by atoms with Gasteiger partial charge in [0.2, 0.25) is 0 Å². The van der Waals surface area contributed by atoms with Gasteiger partial charge in [0.1, 0.15) is 5.56 Å². The van der Waals surface area contributed by atoms with Gasteiger partial charge in [-0.2, -0.15) is 13.2 Å². The van der Waals surface area contributed by atoms with Gasteiger partial charge in [0, 0.05) is 18.1 Å². The van der Waals surface area contributed by atoms with Crippen LogP contribution in [0.5, 0.6) is 0 Å². The number of carbonyl (C=O) groups is 1. The van der Waals surface area contributed by atoms with E-state index >= 15 is 0 Å². The molecular weight excluding hydrogens is 525 g/mol. The molecule has 5 aromatic rings. The molecule has 4 nitrogen and oxygen atoms in total. The van der Waals surface area contributed by atoms with Gasteiger partial charge in [0.25, 0.3) is 0 Å². The van der Waals surface area contributed by atoms with E-state index in [1.165, 1.54) is 18.3 Å². The minimum absolute atomic E-state index is 0.0275. The molecule has 0 aliphatic carbocycles. The second kappa shape index (κ2) is 10.8. The SMILES string of the molecule is O=C(O)c1c(Cl)cccc1NCc1cccc(-c2c(Cc3ccccc3)cnc3c(C(F)(F)F)cccc23)c1. The van der Waals surface area contributed by atoms with Crippen LogP contribution in [-0.2, 0) is 19.1 Å². The van der Waals surface area contributed by atoms with E-state index in [9.17, 15) is 23.1 Å². The van der Waals surface area contributed by atoms with Crippen molar-refractivity contribution in [2.45, 2.75) is 19.1 Å². The molecule has 0 aliphatic rings. The first-order valence-electron chi connectivity index (χ1n) is 12.1. The number of nitrogens with zero attached hydrogens (tertiary/aromatic N) is 1. The largest absolute Gasteiger partial charge is 0.478 e. The molecule has 0 saturated carbocycles. The van der Waals surface area contributed by atoms with Crippen LogP contribution < -0.4 is 5.32 Å². The lowest BCUT2D eigenvalue weighted by Gasteiger charge is -2.17. The van der Waals surface area contributed by atoms with Crippen LogP contribution in [0.25, 0.3) is 22.0 Å². The summed E-state index contributed by atoms with van der Waals surface area (Å²) in [4.78, 5) is 16.0. The molecule has 0 amide bonds. The molecule has 0 bridgehead atoms. The van der Waals surface area contributed by atoms with Crippen LogP contribution in [0.15, 0.2) is 97.2 Å². The fourth-order valence-corrected chi connectivity index (χ4v) is 4.96. The van der Waals surface area contributed by atoms with Crippen molar-refractivity contribution in [2.75, 3.05) is 5.32 Å². The van der Waals surface area contributed by atoms with Crippen LogP contribution in [0.3, 0.4) is 0 Å². The summed E-state index contributed by atoms with van der Waals surface area (Å²) in [5.74, 6) is -1.15. The summed E-state index contributed by atoms with van der Waals surface area (Å²) >= 11 is 6.09. The molecule has 5 rings (SSSR count). The Hall–Kier alpha value is -4.36. The smallest absolute Gasteiger partial charge is 0.418 e. The number of halogens is 4. The topological polar surface area (TPSA) is 62.2 Å². The number of pyridine rings is 1. The number of aromatic carboxylic acids is 1. The molecule has 0 radical (unpaired) electrons. The summed E-state index contributed by atoms with van der Waals surface area (Å²) < 4.78 is 41.5. The summed E-state index contributed by atoms with van der Waals surface area (Å²) in [5.41, 5.74) is 3.47. The maximum atomic E-state index is 13.8. The lowest BCUT2D eigenvalue weighted by molar-refractivity contribution is -0.136. The number of para-hydroxylation sites is 1. The van der Waals surface area contributed by atoms with E-state index in [1.54, 1.807) is 18.2 Å². The van der Waals surface area contributed by atoms with Crippen LogP contribution in [-0.4, -0.2) is 16.1 Å². The van der Waals surface area contributed by atoms with Crippen molar-refractivity contribution in [3.05, 3.63) is 130 Å². The Morgan fingerprint density at radius 1 is 0.897 bits per heavy atom. The average molecular weight is 547 g/mol. The fraction of sp³-hybridized carbons (Fsp3) is 0.0968. The highest BCUT2D eigenvalue weighted by Crippen LogP contribution is 2.39. The molecule has 196 valence electrons. The molecule has 2 N–H and O–H groups in total. The molecule has 1 heterocycles. The molecule has 0 spiro atoms. The van der Waals surface area contributed by atoms with Gasteiger partial charge in [-0.3, -0.25) is 4.98 Å². The maximum Gasteiger partial charge on any atom is 0.418 e. The highest BCUT2D eigenvalue weighted by molar-refractivity contribution is 6.34. The van der Waals surface area contributed by atoms with Gasteiger partial charge < -0.3 is 10.4 Å². The fourth-order valence-electron chi connectivity index (χ4n) is 4.71. The molecule has 0 atom stereocenters. The van der Waals surface area contributed by atoms with E-state index in [0.29, 0.717) is 23.1 Å². The molecule has 1 aromatic heterocycles. The number of rotatable bonds is 7. The third-order valence-electron chi connectivity index (χ3n) is 6.44. The Labute approximate surface area is 227 Å². The lowest BCUT2D eigenvalue weighted by Crippen LogP contribution is -2.08. The van der Waals surface area contributed by atoms with Gasteiger partial charge in [-0.25, -0.2) is 4.79 Å². The molecule has 0 saturated heterocycles. The Bertz CT molecular complexity index is 1670. The number of hydrogen-bond donors (Lipinski definition) is 2. The summed E-state index contributed by atoms with van der Waals surface area (Å²) in [7, 11) is 0. The highest BCUT2D eigenvalue weighted by Gasteiger charge is 2.33. The summed E-state index contributed by atoms with van der Waals surface area (Å²) in [6, 6.07) is 26.0. The molecule has 0 unspecified atom stereocenters. The first-order chi connectivity index (χ1) is 18.7. The number of nitrogens with one attached hydrogen (secondary N) is 1. The normalized spacial score (nSPS) is 11.5. The third kappa shape index (κ3) is 5.59. The lowest BCUT2D eigenvalue weighted by atomic mass is 9.91. The van der Waals surface area contributed by atoms with E-state index in [0.717, 1.165) is 28.3 Å². The zero-order chi connectivity index (χ0) is 27.6. The van der Waals surface area contributed by atoms with Crippen molar-refractivity contribution in [3.8, 4) is 11.1 Å². The van der Waals surface area contributed by atoms with Gasteiger partial charge in [0.15, 0.2) is 0 Å². The van der Waals surface area contributed by atoms with Crippen LogP contribution in [0.2, 0.25) is 5.02 Å². The number of alkyl halides is 3. The van der Waals surface area contributed by atoms with Gasteiger partial charge >= 0.3 is 12.1 Å². The quantitative estimate of drug-likeness (QED) is 0.215. The van der Waals surface area contributed by atoms with Crippen LogP contribution in [0.1, 0.15) is 32.6 Å². The number of carboxylic acids is 1. The second-order valence-corrected chi connectivity index (χ2v) is 9.45. The van der Waals surface area contributed by atoms with Crippen molar-refractivity contribution in [1.82, 2.24) is 4.98 Å². The maximum absolute atomic E-state index is 13.8. The van der Waals surface area contributed by atoms with Gasteiger partial charge in [-0.05, 0) is 58.5 Å². The Balaban J connectivity index is 1.59. The molecule has 0 fully saturated rings. The molecule has 4 aromatic carbocycles. The number of aromatic nitrogens is 1. The second-order valence-electron chi connectivity index (χ2n) is 9.04. The Morgan fingerprint density at radius 2 is 1.62 bits per heavy atom. The Kier molecular flexibility index (Phi) is 7.26. The standard InChI is InChI=1S/C31H22ClF3N2O2/c32-25-13-6-14-26(28(25)30(38)39)36-17-20-9-4-10-21(16-20)27-22(15-19-7-2-1-3-8-19)18-37-29-23(27)11-5-12-24(29)31(33,34)35/h1-14,16,18,36H,15,17H2,(H,38,39). The minimum atomic E-state index is -4.55. The Morgan fingerprint density at radius 3 is 2.36 bits per heavy atom. The van der Waals surface area contributed by atoms with Crippen molar-refractivity contribution < 1.29 is 23.1 Å². The molecular formula is C31H22ClF3N2O2. The highest BCUT2D eigenvalue weighted by atomic mass is 35.5. The number of anilines is 1. The van der Waals surface area contributed by atoms with Crippen molar-refractivity contribution in [2.24, 2.45) is 0 Å². The van der Waals surface area contributed by atoms with Crippen LogP contribution in [0.4, 0.5) is 18.9 Å². The van der Waals surface area contributed by atoms with E-state index in [-0.39, 0.29) is 22.6 Å². The predicted molar refractivity (Wildman–Crippen MR) is 147 cm³/mol. The zero-order valence-electron chi connectivity index (χ0n) is 20.5. The predicted octanol–water partition coefficient (Wildman–Crippen LogP) is 8.48. The number of carboxylic acid groups (broad SMARTS) is 1. The summed E-state index contributed by atoms with van der Waals surface area (Å²) in [6.45, 7) is 0.277. The van der Waals surface area contributed by atoms with E-state index in [1.807, 2.05) is 54.6 Å². The van der Waals surface area contributed by atoms with E-state index in [2.05, 4.69) is 10.3 Å². The van der Waals surface area contributed by atoms with E-state index < -0.39 is 17.7 Å². The van der Waals surface area contributed by atoms with Crippen LogP contribution in [0, 0.1) is 0 Å². The van der Waals surface area contributed by atoms with Crippen LogP contribution >= 0.6 is 11.6 Å². The number of fused-ring (bicyclic) bond motifs is 1. The first-order valence-corrected chi connectivity index (χ1v) is 12.5.